The van der Waals surface area contributed by atoms with Crippen LogP contribution in [0.1, 0.15) is 25.8 Å². The van der Waals surface area contributed by atoms with E-state index >= 15 is 0 Å². The van der Waals surface area contributed by atoms with Crippen LogP contribution in [-0.4, -0.2) is 23.0 Å². The van der Waals surface area contributed by atoms with Crippen molar-refractivity contribution in [1.82, 2.24) is 9.88 Å². The summed E-state index contributed by atoms with van der Waals surface area (Å²) in [4.78, 5) is 6.38. The zero-order chi connectivity index (χ0) is 10.4. The Morgan fingerprint density at radius 3 is 2.79 bits per heavy atom. The second kappa shape index (κ2) is 5.60. The van der Waals surface area contributed by atoms with Gasteiger partial charge in [-0.25, -0.2) is 4.98 Å². The Hall–Kier alpha value is -1.09. The minimum absolute atomic E-state index is 0.607. The van der Waals surface area contributed by atoms with E-state index in [0.29, 0.717) is 5.82 Å². The number of aromatic nitrogens is 1. The van der Waals surface area contributed by atoms with Crippen molar-refractivity contribution in [2.24, 2.45) is 0 Å². The lowest BCUT2D eigenvalue weighted by atomic mass is 10.2. The van der Waals surface area contributed by atoms with Gasteiger partial charge < -0.3 is 5.73 Å². The van der Waals surface area contributed by atoms with Gasteiger partial charge in [-0.1, -0.05) is 13.8 Å². The Morgan fingerprint density at radius 2 is 2.21 bits per heavy atom. The molecule has 3 nitrogen and oxygen atoms in total. The largest absolute Gasteiger partial charge is 0.384 e. The molecule has 0 bridgehead atoms. The number of nitrogens with two attached hydrogens (primary N) is 1. The summed E-state index contributed by atoms with van der Waals surface area (Å²) in [7, 11) is 0. The van der Waals surface area contributed by atoms with Crippen LogP contribution >= 0.6 is 0 Å². The summed E-state index contributed by atoms with van der Waals surface area (Å²) in [6.45, 7) is 7.57. The van der Waals surface area contributed by atoms with E-state index in [1.54, 1.807) is 6.20 Å². The molecule has 0 spiro atoms. The molecule has 2 N–H and O–H groups in total. The van der Waals surface area contributed by atoms with Crippen LogP contribution in [0.4, 0.5) is 5.82 Å². The van der Waals surface area contributed by atoms with Gasteiger partial charge in [0, 0.05) is 12.7 Å². The van der Waals surface area contributed by atoms with Crippen LogP contribution in [0.15, 0.2) is 18.3 Å². The van der Waals surface area contributed by atoms with Gasteiger partial charge in [0.1, 0.15) is 5.82 Å². The van der Waals surface area contributed by atoms with E-state index in [1.165, 1.54) is 12.0 Å². The maximum Gasteiger partial charge on any atom is 0.123 e. The Bertz CT molecular complexity index is 273. The third-order valence-electron chi connectivity index (χ3n) is 2.24. The second-order valence-electron chi connectivity index (χ2n) is 3.46. The van der Waals surface area contributed by atoms with Crippen LogP contribution in [0.25, 0.3) is 0 Å². The van der Waals surface area contributed by atoms with Gasteiger partial charge in [0.05, 0.1) is 0 Å². The molecule has 1 aromatic heterocycles. The van der Waals surface area contributed by atoms with Gasteiger partial charge in [0.15, 0.2) is 0 Å². The standard InChI is InChI=1S/C11H19N3/c1-3-7-14(4-2)9-10-5-6-13-11(12)8-10/h5-6,8H,3-4,7,9H2,1-2H3,(H2,12,13). The van der Waals surface area contributed by atoms with E-state index in [9.17, 15) is 0 Å². The number of hydrogen-bond donors (Lipinski definition) is 1. The number of hydrogen-bond acceptors (Lipinski definition) is 3. The first-order valence-electron chi connectivity index (χ1n) is 5.19. The molecule has 1 aromatic rings. The summed E-state index contributed by atoms with van der Waals surface area (Å²) in [5, 5.41) is 0. The van der Waals surface area contributed by atoms with Gasteiger partial charge in [-0.05, 0) is 37.2 Å². The van der Waals surface area contributed by atoms with Crippen molar-refractivity contribution in [2.75, 3.05) is 18.8 Å². The number of rotatable bonds is 5. The molecule has 78 valence electrons. The molecule has 0 aliphatic rings. The Labute approximate surface area is 85.9 Å². The van der Waals surface area contributed by atoms with Crippen molar-refractivity contribution >= 4 is 5.82 Å². The van der Waals surface area contributed by atoms with Crippen molar-refractivity contribution in [3.05, 3.63) is 23.9 Å². The fraction of sp³-hybridized carbons (Fsp3) is 0.545. The third kappa shape index (κ3) is 3.34. The number of anilines is 1. The molecule has 0 radical (unpaired) electrons. The Kier molecular flexibility index (Phi) is 4.40. The van der Waals surface area contributed by atoms with Crippen molar-refractivity contribution in [2.45, 2.75) is 26.8 Å². The lowest BCUT2D eigenvalue weighted by Gasteiger charge is -2.19. The zero-order valence-electron chi connectivity index (χ0n) is 9.03. The molecular weight excluding hydrogens is 174 g/mol. The third-order valence-corrected chi connectivity index (χ3v) is 2.24. The maximum absolute atomic E-state index is 5.62. The highest BCUT2D eigenvalue weighted by Crippen LogP contribution is 2.07. The number of pyridine rings is 1. The van der Waals surface area contributed by atoms with Crippen molar-refractivity contribution in [3.8, 4) is 0 Å². The molecule has 1 rings (SSSR count). The smallest absolute Gasteiger partial charge is 0.123 e. The van der Waals surface area contributed by atoms with Crippen LogP contribution in [0.2, 0.25) is 0 Å². The summed E-state index contributed by atoms with van der Waals surface area (Å²) >= 11 is 0. The topological polar surface area (TPSA) is 42.2 Å². The van der Waals surface area contributed by atoms with E-state index < -0.39 is 0 Å². The molecular formula is C11H19N3. The van der Waals surface area contributed by atoms with Crippen molar-refractivity contribution in [1.29, 1.82) is 0 Å². The quantitative estimate of drug-likeness (QED) is 0.776. The summed E-state index contributed by atoms with van der Waals surface area (Å²) in [6, 6.07) is 3.97. The SMILES string of the molecule is CCCN(CC)Cc1ccnc(N)c1. The van der Waals surface area contributed by atoms with Crippen LogP contribution in [-0.2, 0) is 6.54 Å². The van der Waals surface area contributed by atoms with Gasteiger partial charge in [0.2, 0.25) is 0 Å². The average molecular weight is 193 g/mol. The minimum Gasteiger partial charge on any atom is -0.384 e. The molecule has 0 saturated carbocycles. The molecule has 0 atom stereocenters. The van der Waals surface area contributed by atoms with E-state index in [2.05, 4.69) is 23.7 Å². The molecule has 3 heteroatoms. The first kappa shape index (κ1) is 11.0. The summed E-state index contributed by atoms with van der Waals surface area (Å²) < 4.78 is 0. The highest BCUT2D eigenvalue weighted by atomic mass is 15.1. The number of nitrogens with zero attached hydrogens (tertiary/aromatic N) is 2. The molecule has 14 heavy (non-hydrogen) atoms. The van der Waals surface area contributed by atoms with Gasteiger partial charge in [-0.2, -0.15) is 0 Å². The molecule has 0 saturated heterocycles. The first-order chi connectivity index (χ1) is 6.76. The van der Waals surface area contributed by atoms with Crippen molar-refractivity contribution < 1.29 is 0 Å². The molecule has 0 fully saturated rings. The maximum atomic E-state index is 5.62. The molecule has 0 aromatic carbocycles. The predicted octanol–water partition coefficient (Wildman–Crippen LogP) is 1.90. The molecule has 0 aliphatic carbocycles. The fourth-order valence-electron chi connectivity index (χ4n) is 1.52. The summed E-state index contributed by atoms with van der Waals surface area (Å²) in [5.74, 6) is 0.607. The van der Waals surface area contributed by atoms with E-state index in [0.717, 1.165) is 19.6 Å². The van der Waals surface area contributed by atoms with E-state index in [4.69, 9.17) is 5.73 Å². The predicted molar refractivity (Wildman–Crippen MR) is 59.9 cm³/mol. The van der Waals surface area contributed by atoms with Crippen LogP contribution in [0.3, 0.4) is 0 Å². The lowest BCUT2D eigenvalue weighted by molar-refractivity contribution is 0.280. The molecule has 0 unspecified atom stereocenters. The van der Waals surface area contributed by atoms with E-state index in [1.807, 2.05) is 12.1 Å². The Balaban J connectivity index is 2.57. The highest BCUT2D eigenvalue weighted by Gasteiger charge is 2.02. The van der Waals surface area contributed by atoms with Gasteiger partial charge >= 0.3 is 0 Å². The highest BCUT2D eigenvalue weighted by molar-refractivity contribution is 5.31. The summed E-state index contributed by atoms with van der Waals surface area (Å²) in [5.41, 5.74) is 6.86. The van der Waals surface area contributed by atoms with Crippen LogP contribution in [0, 0.1) is 0 Å². The molecule has 0 amide bonds. The van der Waals surface area contributed by atoms with Gasteiger partial charge in [-0.15, -0.1) is 0 Å². The fourth-order valence-corrected chi connectivity index (χ4v) is 1.52. The van der Waals surface area contributed by atoms with E-state index in [-0.39, 0.29) is 0 Å². The summed E-state index contributed by atoms with van der Waals surface area (Å²) in [6.07, 6.45) is 2.96. The zero-order valence-corrected chi connectivity index (χ0v) is 9.03. The minimum atomic E-state index is 0.607. The molecule has 0 aliphatic heterocycles. The molecule has 1 heterocycles. The van der Waals surface area contributed by atoms with Crippen molar-refractivity contribution in [3.63, 3.8) is 0 Å². The first-order valence-corrected chi connectivity index (χ1v) is 5.19. The Morgan fingerprint density at radius 1 is 1.43 bits per heavy atom. The van der Waals surface area contributed by atoms with Gasteiger partial charge in [0.25, 0.3) is 0 Å². The lowest BCUT2D eigenvalue weighted by Crippen LogP contribution is -2.23. The monoisotopic (exact) mass is 193 g/mol. The van der Waals surface area contributed by atoms with Crippen LogP contribution < -0.4 is 5.73 Å². The second-order valence-corrected chi connectivity index (χ2v) is 3.46. The normalized spacial score (nSPS) is 10.8. The van der Waals surface area contributed by atoms with Gasteiger partial charge in [-0.3, -0.25) is 4.90 Å². The van der Waals surface area contributed by atoms with Crippen LogP contribution in [0.5, 0.6) is 0 Å². The number of nitrogen functional groups attached to an aromatic ring is 1. The average Bonchev–Trinajstić information content (AvgIpc) is 2.17.